The molecule has 2 aromatic rings. The van der Waals surface area contributed by atoms with Gasteiger partial charge in [-0.1, -0.05) is 17.7 Å². The van der Waals surface area contributed by atoms with Crippen LogP contribution in [0.1, 0.15) is 5.56 Å². The summed E-state index contributed by atoms with van der Waals surface area (Å²) in [4.78, 5) is 1.40. The first-order chi connectivity index (χ1) is 6.81. The Morgan fingerprint density at radius 3 is 2.93 bits per heavy atom. The van der Waals surface area contributed by atoms with Gasteiger partial charge in [0.05, 0.1) is 5.69 Å². The van der Waals surface area contributed by atoms with Gasteiger partial charge in [0.1, 0.15) is 0 Å². The maximum atomic E-state index is 5.86. The Bertz CT molecular complexity index is 425. The molecular weight excluding hydrogens is 202 g/mol. The van der Waals surface area contributed by atoms with Gasteiger partial charge in [0.2, 0.25) is 0 Å². The first-order valence-electron chi connectivity index (χ1n) is 4.03. The van der Waals surface area contributed by atoms with Gasteiger partial charge in [-0.2, -0.15) is 0 Å². The van der Waals surface area contributed by atoms with E-state index < -0.39 is 0 Å². The van der Waals surface area contributed by atoms with E-state index in [1.54, 1.807) is 12.1 Å². The number of tetrazole rings is 1. The highest BCUT2D eigenvalue weighted by atomic mass is 35.5. The quantitative estimate of drug-likeness (QED) is 0.794. The molecule has 72 valence electrons. The van der Waals surface area contributed by atoms with Crippen molar-refractivity contribution in [1.29, 1.82) is 0 Å². The van der Waals surface area contributed by atoms with Crippen LogP contribution in [0.3, 0.4) is 0 Å². The summed E-state index contributed by atoms with van der Waals surface area (Å²) < 4.78 is 0. The molecular formula is C8H8ClN5. The van der Waals surface area contributed by atoms with E-state index in [-0.39, 0.29) is 0 Å². The zero-order chi connectivity index (χ0) is 9.97. The molecule has 2 rings (SSSR count). The minimum absolute atomic E-state index is 0.411. The smallest absolute Gasteiger partial charge is 0.162 e. The summed E-state index contributed by atoms with van der Waals surface area (Å²) >= 11 is 5.86. The van der Waals surface area contributed by atoms with E-state index >= 15 is 0 Å². The Balaban J connectivity index is 2.55. The molecule has 0 aliphatic carbocycles. The van der Waals surface area contributed by atoms with E-state index in [4.69, 9.17) is 17.3 Å². The fourth-order valence-electron chi connectivity index (χ4n) is 1.17. The summed E-state index contributed by atoms with van der Waals surface area (Å²) in [6, 6.07) is 5.39. The molecule has 0 aliphatic heterocycles. The van der Waals surface area contributed by atoms with Gasteiger partial charge < -0.3 is 5.73 Å². The average molecular weight is 210 g/mol. The fourth-order valence-corrected chi connectivity index (χ4v) is 1.34. The van der Waals surface area contributed by atoms with Crippen LogP contribution in [0.25, 0.3) is 5.69 Å². The molecule has 0 aliphatic rings. The SMILES string of the molecule is NCc1ccc(Cl)cc1-n1ncnn1. The number of rotatable bonds is 2. The largest absolute Gasteiger partial charge is 0.326 e. The Kier molecular flexibility index (Phi) is 2.43. The molecule has 0 atom stereocenters. The number of benzene rings is 1. The van der Waals surface area contributed by atoms with Gasteiger partial charge in [-0.15, -0.1) is 15.0 Å². The zero-order valence-electron chi connectivity index (χ0n) is 7.26. The predicted molar refractivity (Wildman–Crippen MR) is 52.1 cm³/mol. The molecule has 1 aromatic carbocycles. The second kappa shape index (κ2) is 3.73. The van der Waals surface area contributed by atoms with Crippen molar-refractivity contribution in [1.82, 2.24) is 20.2 Å². The molecule has 0 fully saturated rings. The van der Waals surface area contributed by atoms with Crippen LogP contribution in [0.15, 0.2) is 24.5 Å². The lowest BCUT2D eigenvalue weighted by Gasteiger charge is -2.05. The van der Waals surface area contributed by atoms with Gasteiger partial charge >= 0.3 is 0 Å². The number of hydrogen-bond acceptors (Lipinski definition) is 4. The van der Waals surface area contributed by atoms with Gasteiger partial charge in [-0.05, 0) is 22.9 Å². The second-order valence-electron chi connectivity index (χ2n) is 2.70. The molecule has 0 amide bonds. The van der Waals surface area contributed by atoms with Crippen LogP contribution in [0, 0.1) is 0 Å². The highest BCUT2D eigenvalue weighted by molar-refractivity contribution is 6.30. The summed E-state index contributed by atoms with van der Waals surface area (Å²) in [5.74, 6) is 0. The molecule has 6 heteroatoms. The van der Waals surface area contributed by atoms with E-state index in [1.807, 2.05) is 6.07 Å². The van der Waals surface area contributed by atoms with Gasteiger partial charge in [0, 0.05) is 11.6 Å². The normalized spacial score (nSPS) is 10.4. The van der Waals surface area contributed by atoms with E-state index in [9.17, 15) is 0 Å². The Morgan fingerprint density at radius 2 is 2.29 bits per heavy atom. The van der Waals surface area contributed by atoms with Gasteiger partial charge in [0.25, 0.3) is 0 Å². The van der Waals surface area contributed by atoms with Crippen LogP contribution in [0.4, 0.5) is 0 Å². The van der Waals surface area contributed by atoms with E-state index in [0.29, 0.717) is 11.6 Å². The summed E-state index contributed by atoms with van der Waals surface area (Å²) in [5, 5.41) is 11.9. The third-order valence-corrected chi connectivity index (χ3v) is 2.07. The fraction of sp³-hybridized carbons (Fsp3) is 0.125. The summed E-state index contributed by atoms with van der Waals surface area (Å²) in [7, 11) is 0. The lowest BCUT2D eigenvalue weighted by atomic mass is 10.2. The third kappa shape index (κ3) is 1.59. The molecule has 0 saturated carbocycles. The first kappa shape index (κ1) is 9.11. The number of halogens is 1. The van der Waals surface area contributed by atoms with Crippen molar-refractivity contribution >= 4 is 11.6 Å². The lowest BCUT2D eigenvalue weighted by Crippen LogP contribution is -2.07. The van der Waals surface area contributed by atoms with Crippen molar-refractivity contribution in [2.75, 3.05) is 0 Å². The Morgan fingerprint density at radius 1 is 1.43 bits per heavy atom. The minimum atomic E-state index is 0.411. The van der Waals surface area contributed by atoms with Crippen LogP contribution < -0.4 is 5.73 Å². The second-order valence-corrected chi connectivity index (χ2v) is 3.14. The van der Waals surface area contributed by atoms with Crippen molar-refractivity contribution in [3.8, 4) is 5.69 Å². The molecule has 0 bridgehead atoms. The molecule has 1 aromatic heterocycles. The molecule has 1 heterocycles. The van der Waals surface area contributed by atoms with E-state index in [0.717, 1.165) is 11.3 Å². The standard InChI is InChI=1S/C8H8ClN5/c9-7-2-1-6(4-10)8(3-7)14-12-5-11-13-14/h1-3,5H,4,10H2. The molecule has 5 nitrogen and oxygen atoms in total. The highest BCUT2D eigenvalue weighted by Crippen LogP contribution is 2.17. The maximum absolute atomic E-state index is 5.86. The number of hydrogen-bond donors (Lipinski definition) is 1. The number of aromatic nitrogens is 4. The zero-order valence-corrected chi connectivity index (χ0v) is 8.02. The summed E-state index contributed by atoms with van der Waals surface area (Å²) in [5.41, 5.74) is 7.26. The van der Waals surface area contributed by atoms with Crippen LogP contribution in [0.2, 0.25) is 5.02 Å². The molecule has 0 unspecified atom stereocenters. The van der Waals surface area contributed by atoms with Crippen LogP contribution >= 0.6 is 11.6 Å². The minimum Gasteiger partial charge on any atom is -0.326 e. The maximum Gasteiger partial charge on any atom is 0.162 e. The van der Waals surface area contributed by atoms with Crippen molar-refractivity contribution in [2.45, 2.75) is 6.54 Å². The van der Waals surface area contributed by atoms with Crippen LogP contribution in [0.5, 0.6) is 0 Å². The lowest BCUT2D eigenvalue weighted by molar-refractivity contribution is 0.711. The molecule has 0 saturated heterocycles. The molecule has 0 radical (unpaired) electrons. The summed E-state index contributed by atoms with van der Waals surface area (Å²) in [6.07, 6.45) is 1.36. The molecule has 0 spiro atoms. The molecule has 2 N–H and O–H groups in total. The third-order valence-electron chi connectivity index (χ3n) is 1.83. The van der Waals surface area contributed by atoms with Crippen molar-refractivity contribution in [3.05, 3.63) is 35.1 Å². The first-order valence-corrected chi connectivity index (χ1v) is 4.41. The Labute approximate surface area is 85.5 Å². The van der Waals surface area contributed by atoms with Crippen molar-refractivity contribution < 1.29 is 0 Å². The van der Waals surface area contributed by atoms with Crippen LogP contribution in [-0.4, -0.2) is 20.2 Å². The van der Waals surface area contributed by atoms with Crippen molar-refractivity contribution in [2.24, 2.45) is 5.73 Å². The van der Waals surface area contributed by atoms with Crippen LogP contribution in [-0.2, 0) is 6.54 Å². The predicted octanol–water partition coefficient (Wildman–Crippen LogP) is 0.774. The van der Waals surface area contributed by atoms with E-state index in [1.165, 1.54) is 11.1 Å². The van der Waals surface area contributed by atoms with Crippen molar-refractivity contribution in [3.63, 3.8) is 0 Å². The summed E-state index contributed by atoms with van der Waals surface area (Å²) in [6.45, 7) is 0.411. The number of nitrogens with two attached hydrogens (primary N) is 1. The van der Waals surface area contributed by atoms with Gasteiger partial charge in [0.15, 0.2) is 6.33 Å². The monoisotopic (exact) mass is 209 g/mol. The Hall–Kier alpha value is -1.46. The highest BCUT2D eigenvalue weighted by Gasteiger charge is 2.05. The molecule has 14 heavy (non-hydrogen) atoms. The topological polar surface area (TPSA) is 69.6 Å². The van der Waals surface area contributed by atoms with Gasteiger partial charge in [-0.25, -0.2) is 0 Å². The number of nitrogens with zero attached hydrogens (tertiary/aromatic N) is 4. The average Bonchev–Trinajstić information content (AvgIpc) is 2.70. The van der Waals surface area contributed by atoms with Gasteiger partial charge in [-0.3, -0.25) is 0 Å². The van der Waals surface area contributed by atoms with E-state index in [2.05, 4.69) is 15.4 Å².